The third-order valence-electron chi connectivity index (χ3n) is 4.27. The van der Waals surface area contributed by atoms with Crippen LogP contribution in [-0.2, 0) is 9.53 Å². The van der Waals surface area contributed by atoms with Crippen LogP contribution in [0.5, 0.6) is 11.5 Å². The summed E-state index contributed by atoms with van der Waals surface area (Å²) in [6.45, 7) is 0.600. The van der Waals surface area contributed by atoms with Gasteiger partial charge in [0.2, 0.25) is 0 Å². The largest absolute Gasteiger partial charge is 0.497 e. The Hall–Kier alpha value is -3.06. The fraction of sp³-hybridized carbons (Fsp3) is 0.300. The molecule has 0 aliphatic carbocycles. The van der Waals surface area contributed by atoms with E-state index in [0.717, 1.165) is 6.42 Å². The third kappa shape index (κ3) is 4.57. The topological polar surface area (TPSA) is 85.9 Å². The molecule has 1 atom stereocenters. The molecule has 7 nitrogen and oxygen atoms in total. The molecule has 0 aromatic heterocycles. The Balaban J connectivity index is 1.73. The van der Waals surface area contributed by atoms with E-state index in [1.165, 1.54) is 7.11 Å². The molecule has 0 bridgehead atoms. The van der Waals surface area contributed by atoms with Gasteiger partial charge in [-0.25, -0.2) is 0 Å². The zero-order valence-electron chi connectivity index (χ0n) is 15.3. The fourth-order valence-electron chi connectivity index (χ4n) is 2.85. The normalized spacial score (nSPS) is 15.9. The van der Waals surface area contributed by atoms with E-state index in [-0.39, 0.29) is 11.8 Å². The van der Waals surface area contributed by atoms with Gasteiger partial charge in [0, 0.05) is 23.9 Å². The van der Waals surface area contributed by atoms with Crippen molar-refractivity contribution in [2.75, 3.05) is 31.5 Å². The van der Waals surface area contributed by atoms with Gasteiger partial charge in [-0.1, -0.05) is 6.07 Å². The second kappa shape index (κ2) is 8.55. The van der Waals surface area contributed by atoms with Crippen molar-refractivity contribution >= 4 is 23.2 Å². The molecule has 2 aromatic rings. The van der Waals surface area contributed by atoms with Crippen molar-refractivity contribution < 1.29 is 23.8 Å². The number of nitrogens with one attached hydrogen (secondary N) is 2. The molecule has 0 radical (unpaired) electrons. The maximum atomic E-state index is 12.6. The highest BCUT2D eigenvalue weighted by molar-refractivity contribution is 6.06. The maximum absolute atomic E-state index is 12.6. The second-order valence-corrected chi connectivity index (χ2v) is 6.09. The molecule has 2 N–H and O–H groups in total. The van der Waals surface area contributed by atoms with Crippen LogP contribution >= 0.6 is 0 Å². The van der Waals surface area contributed by atoms with E-state index in [1.54, 1.807) is 49.6 Å². The molecule has 142 valence electrons. The standard InChI is InChI=1S/C20H22N2O5/c1-25-15-8-9-17(26-2)16(12-15)22-19(23)13-5-3-6-14(11-13)21-20(24)18-7-4-10-27-18/h3,5-6,8-9,11-12,18H,4,7,10H2,1-2H3,(H,21,24)(H,22,23). The maximum Gasteiger partial charge on any atom is 0.255 e. The van der Waals surface area contributed by atoms with Crippen molar-refractivity contribution in [1.82, 2.24) is 0 Å². The van der Waals surface area contributed by atoms with Crippen LogP contribution in [0.25, 0.3) is 0 Å². The highest BCUT2D eigenvalue weighted by Gasteiger charge is 2.23. The Morgan fingerprint density at radius 1 is 1.07 bits per heavy atom. The van der Waals surface area contributed by atoms with Gasteiger partial charge in [0.1, 0.15) is 17.6 Å². The van der Waals surface area contributed by atoms with Gasteiger partial charge in [0.25, 0.3) is 11.8 Å². The van der Waals surface area contributed by atoms with Crippen molar-refractivity contribution in [2.45, 2.75) is 18.9 Å². The van der Waals surface area contributed by atoms with Gasteiger partial charge in [0.15, 0.2) is 0 Å². The van der Waals surface area contributed by atoms with Crippen molar-refractivity contribution in [3.05, 3.63) is 48.0 Å². The van der Waals surface area contributed by atoms with E-state index < -0.39 is 6.10 Å². The molecule has 0 saturated carbocycles. The first-order valence-corrected chi connectivity index (χ1v) is 8.66. The Bertz CT molecular complexity index is 831. The number of benzene rings is 2. The molecular weight excluding hydrogens is 348 g/mol. The van der Waals surface area contributed by atoms with Crippen LogP contribution in [0.4, 0.5) is 11.4 Å². The van der Waals surface area contributed by atoms with Gasteiger partial charge < -0.3 is 24.8 Å². The lowest BCUT2D eigenvalue weighted by Crippen LogP contribution is -2.27. The molecule has 27 heavy (non-hydrogen) atoms. The Morgan fingerprint density at radius 2 is 1.93 bits per heavy atom. The summed E-state index contributed by atoms with van der Waals surface area (Å²) in [5.41, 5.74) is 1.45. The SMILES string of the molecule is COc1ccc(OC)c(NC(=O)c2cccc(NC(=O)C3CCCO3)c2)c1. The molecule has 1 heterocycles. The summed E-state index contributed by atoms with van der Waals surface area (Å²) in [5, 5.41) is 5.60. The molecule has 1 aliphatic rings. The molecule has 3 rings (SSSR count). The van der Waals surface area contributed by atoms with Gasteiger partial charge in [0.05, 0.1) is 19.9 Å². The Morgan fingerprint density at radius 3 is 2.63 bits per heavy atom. The Labute approximate surface area is 157 Å². The first-order valence-electron chi connectivity index (χ1n) is 8.66. The first-order chi connectivity index (χ1) is 13.1. The number of carbonyl (C=O) groups excluding carboxylic acids is 2. The predicted octanol–water partition coefficient (Wildman–Crippen LogP) is 3.07. The summed E-state index contributed by atoms with van der Waals surface area (Å²) in [6.07, 6.45) is 1.16. The summed E-state index contributed by atoms with van der Waals surface area (Å²) >= 11 is 0. The number of rotatable bonds is 6. The van der Waals surface area contributed by atoms with Crippen LogP contribution in [0, 0.1) is 0 Å². The first kappa shape index (κ1) is 18.7. The van der Waals surface area contributed by atoms with Crippen LogP contribution in [0.15, 0.2) is 42.5 Å². The zero-order valence-corrected chi connectivity index (χ0v) is 15.3. The van der Waals surface area contributed by atoms with E-state index >= 15 is 0 Å². The molecule has 2 amide bonds. The van der Waals surface area contributed by atoms with Crippen LogP contribution in [0.1, 0.15) is 23.2 Å². The Kier molecular flexibility index (Phi) is 5.93. The van der Waals surface area contributed by atoms with Gasteiger partial charge in [-0.2, -0.15) is 0 Å². The quantitative estimate of drug-likeness (QED) is 0.816. The van der Waals surface area contributed by atoms with Crippen molar-refractivity contribution in [3.8, 4) is 11.5 Å². The minimum absolute atomic E-state index is 0.195. The van der Waals surface area contributed by atoms with E-state index in [1.807, 2.05) is 0 Å². The highest BCUT2D eigenvalue weighted by atomic mass is 16.5. The second-order valence-electron chi connectivity index (χ2n) is 6.09. The van der Waals surface area contributed by atoms with Gasteiger partial charge in [-0.3, -0.25) is 9.59 Å². The van der Waals surface area contributed by atoms with Crippen LogP contribution in [0.2, 0.25) is 0 Å². The lowest BCUT2D eigenvalue weighted by Gasteiger charge is -2.13. The molecule has 0 spiro atoms. The molecule has 1 saturated heterocycles. The molecule has 2 aromatic carbocycles. The smallest absolute Gasteiger partial charge is 0.255 e. The number of hydrogen-bond acceptors (Lipinski definition) is 5. The van der Waals surface area contributed by atoms with Gasteiger partial charge in [-0.05, 0) is 43.2 Å². The third-order valence-corrected chi connectivity index (χ3v) is 4.27. The van der Waals surface area contributed by atoms with Crippen LogP contribution in [0.3, 0.4) is 0 Å². The van der Waals surface area contributed by atoms with Crippen molar-refractivity contribution in [3.63, 3.8) is 0 Å². The molecule has 1 fully saturated rings. The van der Waals surface area contributed by atoms with Crippen LogP contribution in [-0.4, -0.2) is 38.7 Å². The molecule has 1 aliphatic heterocycles. The molecule has 7 heteroatoms. The minimum Gasteiger partial charge on any atom is -0.497 e. The number of carbonyl (C=O) groups is 2. The summed E-state index contributed by atoms with van der Waals surface area (Å²) in [7, 11) is 3.08. The van der Waals surface area contributed by atoms with E-state index in [0.29, 0.717) is 41.5 Å². The lowest BCUT2D eigenvalue weighted by molar-refractivity contribution is -0.124. The highest BCUT2D eigenvalue weighted by Crippen LogP contribution is 2.29. The van der Waals surface area contributed by atoms with Crippen molar-refractivity contribution in [1.29, 1.82) is 0 Å². The average Bonchev–Trinajstić information content (AvgIpc) is 3.23. The number of methoxy groups -OCH3 is 2. The fourth-order valence-corrected chi connectivity index (χ4v) is 2.85. The summed E-state index contributed by atoms with van der Waals surface area (Å²) in [4.78, 5) is 24.8. The van der Waals surface area contributed by atoms with Crippen molar-refractivity contribution in [2.24, 2.45) is 0 Å². The molecular formula is C20H22N2O5. The summed E-state index contributed by atoms with van der Waals surface area (Å²) in [6, 6.07) is 11.9. The van der Waals surface area contributed by atoms with Crippen LogP contribution < -0.4 is 20.1 Å². The number of hydrogen-bond donors (Lipinski definition) is 2. The molecule has 1 unspecified atom stereocenters. The zero-order chi connectivity index (χ0) is 19.2. The summed E-state index contributed by atoms with van der Waals surface area (Å²) < 4.78 is 15.8. The number of anilines is 2. The number of amides is 2. The lowest BCUT2D eigenvalue weighted by atomic mass is 10.1. The predicted molar refractivity (Wildman–Crippen MR) is 102 cm³/mol. The van der Waals surface area contributed by atoms with Gasteiger partial charge >= 0.3 is 0 Å². The number of ether oxygens (including phenoxy) is 3. The van der Waals surface area contributed by atoms with E-state index in [9.17, 15) is 9.59 Å². The monoisotopic (exact) mass is 370 g/mol. The minimum atomic E-state index is -0.427. The summed E-state index contributed by atoms with van der Waals surface area (Å²) in [5.74, 6) is 0.602. The van der Waals surface area contributed by atoms with Gasteiger partial charge in [-0.15, -0.1) is 0 Å². The average molecular weight is 370 g/mol. The van der Waals surface area contributed by atoms with E-state index in [4.69, 9.17) is 14.2 Å². The van der Waals surface area contributed by atoms with E-state index in [2.05, 4.69) is 10.6 Å².